The van der Waals surface area contributed by atoms with Crippen LogP contribution in [0.1, 0.15) is 12.8 Å². The Labute approximate surface area is 226 Å². The van der Waals surface area contributed by atoms with Gasteiger partial charge in [-0.1, -0.05) is 12.1 Å². The molecule has 3 heterocycles. The number of fused-ring (bicyclic) bond motifs is 1. The van der Waals surface area contributed by atoms with Crippen molar-refractivity contribution in [1.82, 2.24) is 19.4 Å². The molecule has 0 unspecified atom stereocenters. The van der Waals surface area contributed by atoms with E-state index in [0.29, 0.717) is 31.3 Å². The number of ether oxygens (including phenoxy) is 2. The van der Waals surface area contributed by atoms with Crippen LogP contribution in [-0.4, -0.2) is 67.8 Å². The third kappa shape index (κ3) is 5.27. The molecule has 0 radical (unpaired) electrons. The Morgan fingerprint density at radius 1 is 1.15 bits per heavy atom. The van der Waals surface area contributed by atoms with E-state index < -0.39 is 15.8 Å². The van der Waals surface area contributed by atoms with E-state index in [0.717, 1.165) is 35.5 Å². The van der Waals surface area contributed by atoms with Crippen LogP contribution < -0.4 is 15.2 Å². The van der Waals surface area contributed by atoms with Gasteiger partial charge in [-0.2, -0.15) is 0 Å². The topological polar surface area (TPSA) is 125 Å². The third-order valence-electron chi connectivity index (χ3n) is 7.31. The Balaban J connectivity index is 1.55. The van der Waals surface area contributed by atoms with Gasteiger partial charge >= 0.3 is 0 Å². The molecule has 206 valence electrons. The number of nitrogens with two attached hydrogens (primary N) is 1. The van der Waals surface area contributed by atoms with Crippen LogP contribution in [0.3, 0.4) is 0 Å². The molecule has 0 bridgehead atoms. The molecule has 1 fully saturated rings. The first kappa shape index (κ1) is 26.9. The van der Waals surface area contributed by atoms with Crippen molar-refractivity contribution in [1.29, 1.82) is 0 Å². The number of hydrogen-bond acceptors (Lipinski definition) is 8. The number of benzene rings is 2. The Morgan fingerprint density at radius 2 is 1.92 bits per heavy atom. The van der Waals surface area contributed by atoms with Crippen LogP contribution in [0.4, 0.5) is 16.0 Å². The predicted molar refractivity (Wildman–Crippen MR) is 148 cm³/mol. The van der Waals surface area contributed by atoms with Crippen LogP contribution in [0.5, 0.6) is 5.88 Å². The number of nitrogens with zero attached hydrogens (tertiary/aromatic N) is 4. The first-order chi connectivity index (χ1) is 18.6. The second-order valence-electron chi connectivity index (χ2n) is 9.84. The molecular weight excluding hydrogens is 523 g/mol. The van der Waals surface area contributed by atoms with Crippen molar-refractivity contribution in [2.75, 3.05) is 44.9 Å². The fraction of sp³-hybridized carbons (Fsp3) is 0.333. The number of pyridine rings is 1. The number of hydrogen-bond donors (Lipinski definition) is 2. The normalized spacial score (nSPS) is 15.5. The Morgan fingerprint density at radius 3 is 2.62 bits per heavy atom. The average Bonchev–Trinajstić information content (AvgIpc) is 3.22. The van der Waals surface area contributed by atoms with Gasteiger partial charge in [0.25, 0.3) is 10.0 Å². The number of aromatic nitrogens is 3. The molecule has 12 heteroatoms. The SMILES string of the molecule is COc1ncc(-c2ccc3nc(N)n(CC4(N(C)C)CCOCC4)c3c2)cc1S(=O)(=O)Nc1cccc(F)c1. The molecule has 0 spiro atoms. The number of imidazole rings is 1. The Kier molecular flexibility index (Phi) is 7.19. The number of nitrogen functional groups attached to an aromatic ring is 1. The van der Waals surface area contributed by atoms with Gasteiger partial charge in [0.2, 0.25) is 11.8 Å². The summed E-state index contributed by atoms with van der Waals surface area (Å²) >= 11 is 0. The fourth-order valence-electron chi connectivity index (χ4n) is 4.98. The van der Waals surface area contributed by atoms with E-state index in [-0.39, 0.29) is 22.0 Å². The molecule has 0 amide bonds. The van der Waals surface area contributed by atoms with E-state index in [9.17, 15) is 12.8 Å². The first-order valence-corrected chi connectivity index (χ1v) is 13.9. The minimum atomic E-state index is -4.15. The standard InChI is InChI=1S/C27H31FN6O4S/c1-33(2)27(9-11-38-12-10-27)17-34-23-13-18(7-8-22(23)31-26(34)29)19-14-24(25(37-3)30-16-19)39(35,36)32-21-6-4-5-20(28)15-21/h4-8,13-16,32H,9-12,17H2,1-3H3,(H2,29,31). The average molecular weight is 555 g/mol. The zero-order valence-electron chi connectivity index (χ0n) is 22.0. The molecule has 3 N–H and O–H groups in total. The molecule has 0 aliphatic carbocycles. The van der Waals surface area contributed by atoms with Crippen LogP contribution >= 0.6 is 0 Å². The van der Waals surface area contributed by atoms with E-state index in [4.69, 9.17) is 15.2 Å². The lowest BCUT2D eigenvalue weighted by molar-refractivity contribution is -0.0157. The molecule has 1 saturated heterocycles. The van der Waals surface area contributed by atoms with Crippen molar-refractivity contribution in [3.8, 4) is 17.0 Å². The lowest BCUT2D eigenvalue weighted by Gasteiger charge is -2.43. The van der Waals surface area contributed by atoms with E-state index in [2.05, 4.69) is 33.7 Å². The summed E-state index contributed by atoms with van der Waals surface area (Å²) in [5.41, 5.74) is 9.18. The fourth-order valence-corrected chi connectivity index (χ4v) is 6.17. The predicted octanol–water partition coefficient (Wildman–Crippen LogP) is 3.74. The van der Waals surface area contributed by atoms with E-state index in [1.54, 1.807) is 6.20 Å². The summed E-state index contributed by atoms with van der Waals surface area (Å²) < 4.78 is 55.5. The minimum Gasteiger partial charge on any atom is -0.480 e. The molecule has 2 aromatic heterocycles. The molecule has 5 rings (SSSR count). The second kappa shape index (κ2) is 10.4. The number of nitrogens with one attached hydrogen (secondary N) is 1. The zero-order chi connectivity index (χ0) is 27.8. The lowest BCUT2D eigenvalue weighted by Crippen LogP contribution is -2.51. The number of methoxy groups -OCH3 is 1. The van der Waals surface area contributed by atoms with Gasteiger partial charge in [-0.25, -0.2) is 22.8 Å². The highest BCUT2D eigenvalue weighted by molar-refractivity contribution is 7.92. The van der Waals surface area contributed by atoms with Crippen molar-refractivity contribution < 1.29 is 22.3 Å². The van der Waals surface area contributed by atoms with Crippen LogP contribution in [0.15, 0.2) is 59.6 Å². The minimum absolute atomic E-state index is 0.0783. The van der Waals surface area contributed by atoms with Gasteiger partial charge in [0.1, 0.15) is 10.7 Å². The molecular formula is C27H31FN6O4S. The third-order valence-corrected chi connectivity index (χ3v) is 8.69. The number of halogens is 1. The van der Waals surface area contributed by atoms with Gasteiger partial charge in [-0.05, 0) is 68.9 Å². The van der Waals surface area contributed by atoms with E-state index >= 15 is 0 Å². The van der Waals surface area contributed by atoms with Crippen LogP contribution in [0.2, 0.25) is 0 Å². The molecule has 0 saturated carbocycles. The summed E-state index contributed by atoms with van der Waals surface area (Å²) in [5.74, 6) is -0.231. The number of sulfonamides is 1. The molecule has 4 aromatic rings. The van der Waals surface area contributed by atoms with Crippen LogP contribution in [-0.2, 0) is 21.3 Å². The molecule has 2 aromatic carbocycles. The van der Waals surface area contributed by atoms with Crippen LogP contribution in [0, 0.1) is 5.82 Å². The number of anilines is 2. The first-order valence-electron chi connectivity index (χ1n) is 12.5. The maximum Gasteiger partial charge on any atom is 0.267 e. The van der Waals surface area contributed by atoms with Crippen LogP contribution in [0.25, 0.3) is 22.2 Å². The van der Waals surface area contributed by atoms with Crippen molar-refractivity contribution in [2.45, 2.75) is 29.8 Å². The summed E-state index contributed by atoms with van der Waals surface area (Å²) in [6.07, 6.45) is 3.27. The molecule has 39 heavy (non-hydrogen) atoms. The van der Waals surface area contributed by atoms with Crippen molar-refractivity contribution in [3.63, 3.8) is 0 Å². The maximum absolute atomic E-state index is 13.7. The lowest BCUT2D eigenvalue weighted by atomic mass is 9.88. The monoisotopic (exact) mass is 554 g/mol. The van der Waals surface area contributed by atoms with E-state index in [1.807, 2.05) is 22.8 Å². The largest absolute Gasteiger partial charge is 0.480 e. The Bertz CT molecular complexity index is 1620. The highest BCUT2D eigenvalue weighted by Gasteiger charge is 2.36. The molecule has 1 aliphatic heterocycles. The number of likely N-dealkylation sites (N-methyl/N-ethyl adjacent to an activating group) is 1. The summed E-state index contributed by atoms with van der Waals surface area (Å²) in [6.45, 7) is 1.98. The quantitative estimate of drug-likeness (QED) is 0.338. The highest BCUT2D eigenvalue weighted by atomic mass is 32.2. The van der Waals surface area contributed by atoms with E-state index in [1.165, 1.54) is 31.4 Å². The summed E-state index contributed by atoms with van der Waals surface area (Å²) in [4.78, 5) is 10.9. The highest BCUT2D eigenvalue weighted by Crippen LogP contribution is 2.34. The molecule has 10 nitrogen and oxygen atoms in total. The van der Waals surface area contributed by atoms with Crippen molar-refractivity contribution >= 4 is 32.7 Å². The van der Waals surface area contributed by atoms with Crippen molar-refractivity contribution in [3.05, 3.63) is 60.5 Å². The second-order valence-corrected chi connectivity index (χ2v) is 11.5. The van der Waals surface area contributed by atoms with Gasteiger partial charge in [-0.3, -0.25) is 4.72 Å². The summed E-state index contributed by atoms with van der Waals surface area (Å²) in [7, 11) is 1.32. The van der Waals surface area contributed by atoms with Gasteiger partial charge in [0.05, 0.1) is 23.8 Å². The number of rotatable bonds is 8. The zero-order valence-corrected chi connectivity index (χ0v) is 22.8. The summed E-state index contributed by atoms with van der Waals surface area (Å²) in [6, 6.07) is 12.3. The van der Waals surface area contributed by atoms with Crippen molar-refractivity contribution in [2.24, 2.45) is 0 Å². The smallest absolute Gasteiger partial charge is 0.267 e. The Hall–Kier alpha value is -3.74. The van der Waals surface area contributed by atoms with Gasteiger partial charge in [-0.15, -0.1) is 0 Å². The molecule has 0 atom stereocenters. The van der Waals surface area contributed by atoms with Gasteiger partial charge < -0.3 is 24.7 Å². The van der Waals surface area contributed by atoms with Gasteiger partial charge in [0, 0.05) is 37.1 Å². The maximum atomic E-state index is 13.7. The van der Waals surface area contributed by atoms with Gasteiger partial charge in [0.15, 0.2) is 0 Å². The molecule has 1 aliphatic rings. The summed E-state index contributed by atoms with van der Waals surface area (Å²) in [5, 5.41) is 0.